The van der Waals surface area contributed by atoms with E-state index in [9.17, 15) is 20.1 Å². The van der Waals surface area contributed by atoms with Crippen LogP contribution in [0.2, 0.25) is 0 Å². The van der Waals surface area contributed by atoms with E-state index in [1.165, 1.54) is 0 Å². The van der Waals surface area contributed by atoms with Gasteiger partial charge in [0.2, 0.25) is 0 Å². The van der Waals surface area contributed by atoms with Crippen LogP contribution < -0.4 is 0 Å². The van der Waals surface area contributed by atoms with E-state index in [2.05, 4.69) is 13.8 Å². The number of hydrogen-bond donors (Lipinski definition) is 3. The summed E-state index contributed by atoms with van der Waals surface area (Å²) in [4.78, 5) is 12.3. The van der Waals surface area contributed by atoms with Gasteiger partial charge in [0.25, 0.3) is 0 Å². The molecule has 8 atom stereocenters. The number of Topliss-reactive ketones (excluding diaryl/α,β-unsaturated/α-hetero) is 1. The van der Waals surface area contributed by atoms with E-state index >= 15 is 0 Å². The lowest BCUT2D eigenvalue weighted by Crippen LogP contribution is -2.59. The van der Waals surface area contributed by atoms with Crippen LogP contribution in [0.25, 0.3) is 0 Å². The lowest BCUT2D eigenvalue weighted by molar-refractivity contribution is -0.173. The van der Waals surface area contributed by atoms with Crippen molar-refractivity contribution < 1.29 is 20.1 Å². The van der Waals surface area contributed by atoms with Crippen molar-refractivity contribution in [2.45, 2.75) is 77.4 Å². The summed E-state index contributed by atoms with van der Waals surface area (Å²) in [5.41, 5.74) is -0.305. The van der Waals surface area contributed by atoms with Crippen molar-refractivity contribution >= 4 is 5.78 Å². The predicted octanol–water partition coefficient (Wildman–Crippen LogP) is 3.37. The fourth-order valence-corrected chi connectivity index (χ4v) is 7.42. The first-order valence-corrected chi connectivity index (χ1v) is 9.91. The number of allylic oxidation sites excluding steroid dienone is 1. The van der Waals surface area contributed by atoms with Gasteiger partial charge in [-0.25, -0.2) is 0 Å². The first kappa shape index (κ1) is 17.5. The van der Waals surface area contributed by atoms with Crippen LogP contribution in [0.3, 0.4) is 0 Å². The van der Waals surface area contributed by atoms with Gasteiger partial charge >= 0.3 is 0 Å². The quantitative estimate of drug-likeness (QED) is 0.463. The topological polar surface area (TPSA) is 77.8 Å². The molecule has 4 saturated carbocycles. The summed E-state index contributed by atoms with van der Waals surface area (Å²) in [5.74, 6) is 1.28. The number of aliphatic hydroxyl groups excluding tert-OH is 2. The number of ketones is 1. The lowest BCUT2D eigenvalue weighted by Gasteiger charge is -2.62. The van der Waals surface area contributed by atoms with Crippen LogP contribution in [0.1, 0.15) is 65.7 Å². The molecule has 0 aromatic heterocycles. The number of carbonyl (C=O) groups excluding carboxylic acids is 1. The fourth-order valence-electron chi connectivity index (χ4n) is 7.42. The highest BCUT2D eigenvalue weighted by Crippen LogP contribution is 2.68. The van der Waals surface area contributed by atoms with Gasteiger partial charge in [0.15, 0.2) is 5.78 Å². The Hall–Kier alpha value is -0.870. The molecule has 4 rings (SSSR count). The van der Waals surface area contributed by atoms with Crippen LogP contribution in [-0.2, 0) is 4.79 Å². The van der Waals surface area contributed by atoms with Gasteiger partial charge in [-0.1, -0.05) is 13.8 Å². The Kier molecular flexibility index (Phi) is 3.73. The molecule has 0 heterocycles. The van der Waals surface area contributed by atoms with E-state index < -0.39 is 11.7 Å². The normalized spacial score (nSPS) is 57.1. The minimum Gasteiger partial charge on any atom is -0.515 e. The molecule has 0 bridgehead atoms. The van der Waals surface area contributed by atoms with E-state index in [0.29, 0.717) is 36.2 Å². The monoisotopic (exact) mass is 348 g/mol. The Bertz CT molecular complexity index is 623. The van der Waals surface area contributed by atoms with E-state index in [-0.39, 0.29) is 22.5 Å². The highest BCUT2D eigenvalue weighted by atomic mass is 16.3. The second kappa shape index (κ2) is 5.32. The Morgan fingerprint density at radius 2 is 1.76 bits per heavy atom. The molecule has 4 heteroatoms. The average molecular weight is 348 g/mol. The minimum absolute atomic E-state index is 0.00350. The largest absolute Gasteiger partial charge is 0.515 e. The van der Waals surface area contributed by atoms with Gasteiger partial charge in [-0.2, -0.15) is 0 Å². The summed E-state index contributed by atoms with van der Waals surface area (Å²) in [7, 11) is 0. The molecule has 0 saturated heterocycles. The zero-order valence-corrected chi connectivity index (χ0v) is 15.7. The number of rotatable bonds is 0. The smallest absolute Gasteiger partial charge is 0.162 e. The molecule has 25 heavy (non-hydrogen) atoms. The summed E-state index contributed by atoms with van der Waals surface area (Å²) in [5, 5.41) is 31.4. The van der Waals surface area contributed by atoms with Crippen LogP contribution in [0.15, 0.2) is 11.8 Å². The zero-order chi connectivity index (χ0) is 18.2. The third-order valence-corrected chi connectivity index (χ3v) is 9.16. The number of hydrogen-bond acceptors (Lipinski definition) is 4. The van der Waals surface area contributed by atoms with Crippen LogP contribution in [0, 0.1) is 34.5 Å². The van der Waals surface area contributed by atoms with Crippen molar-refractivity contribution in [2.24, 2.45) is 34.5 Å². The molecule has 0 radical (unpaired) electrons. The molecule has 3 N–H and O–H groups in total. The molecule has 0 spiro atoms. The summed E-state index contributed by atoms with van der Waals surface area (Å²) in [6.07, 6.45) is 6.14. The fraction of sp³-hybridized carbons (Fsp3) is 0.857. The highest BCUT2D eigenvalue weighted by molar-refractivity contribution is 5.96. The van der Waals surface area contributed by atoms with E-state index in [0.717, 1.165) is 38.4 Å². The molecule has 0 aliphatic heterocycles. The maximum absolute atomic E-state index is 12.3. The minimum atomic E-state index is -0.621. The molecule has 4 nitrogen and oxygen atoms in total. The molecular formula is C21H32O4. The Morgan fingerprint density at radius 1 is 1.08 bits per heavy atom. The predicted molar refractivity (Wildman–Crippen MR) is 94.8 cm³/mol. The summed E-state index contributed by atoms with van der Waals surface area (Å²) >= 11 is 0. The van der Waals surface area contributed by atoms with E-state index in [1.807, 2.05) is 6.92 Å². The third-order valence-electron chi connectivity index (χ3n) is 9.16. The van der Waals surface area contributed by atoms with Gasteiger partial charge in [0, 0.05) is 12.0 Å². The maximum Gasteiger partial charge on any atom is 0.162 e. The Morgan fingerprint density at radius 3 is 2.44 bits per heavy atom. The van der Waals surface area contributed by atoms with Crippen LogP contribution in [0.5, 0.6) is 0 Å². The second-order valence-corrected chi connectivity index (χ2v) is 10.0. The lowest BCUT2D eigenvalue weighted by atomic mass is 9.43. The third kappa shape index (κ3) is 2.16. The SMILES string of the molecule is C[C@]12C/C(=C/O)C(=O)C[C@@H]1[C@@H](O)C[C@@H]1[C@@H]2CC[C@@]2(C)[C@H]1CC[C@]2(C)O. The maximum atomic E-state index is 12.3. The van der Waals surface area contributed by atoms with Crippen LogP contribution in [-0.4, -0.2) is 32.8 Å². The van der Waals surface area contributed by atoms with E-state index in [4.69, 9.17) is 0 Å². The summed E-state index contributed by atoms with van der Waals surface area (Å²) in [6.45, 7) is 6.46. The van der Waals surface area contributed by atoms with Gasteiger partial charge in [0.05, 0.1) is 18.0 Å². The average Bonchev–Trinajstić information content (AvgIpc) is 2.79. The molecule has 0 unspecified atom stereocenters. The first-order chi connectivity index (χ1) is 11.6. The molecule has 140 valence electrons. The Labute approximate surface area is 150 Å². The molecule has 0 aromatic rings. The van der Waals surface area contributed by atoms with E-state index in [1.54, 1.807) is 0 Å². The molecular weight excluding hydrogens is 316 g/mol. The van der Waals surface area contributed by atoms with Gasteiger partial charge in [0.1, 0.15) is 0 Å². The van der Waals surface area contributed by atoms with Crippen LogP contribution in [0.4, 0.5) is 0 Å². The van der Waals surface area contributed by atoms with Crippen molar-refractivity contribution in [2.75, 3.05) is 0 Å². The van der Waals surface area contributed by atoms with Gasteiger partial charge in [-0.15, -0.1) is 0 Å². The molecule has 4 aliphatic rings. The van der Waals surface area contributed by atoms with Crippen molar-refractivity contribution in [1.29, 1.82) is 0 Å². The number of aliphatic hydroxyl groups is 3. The summed E-state index contributed by atoms with van der Waals surface area (Å²) < 4.78 is 0. The molecule has 4 aliphatic carbocycles. The molecule has 0 aromatic carbocycles. The Balaban J connectivity index is 1.71. The van der Waals surface area contributed by atoms with Crippen molar-refractivity contribution in [3.8, 4) is 0 Å². The van der Waals surface area contributed by atoms with Crippen molar-refractivity contribution in [3.63, 3.8) is 0 Å². The van der Waals surface area contributed by atoms with Crippen molar-refractivity contribution in [1.82, 2.24) is 0 Å². The zero-order valence-electron chi connectivity index (χ0n) is 15.7. The van der Waals surface area contributed by atoms with Crippen molar-refractivity contribution in [3.05, 3.63) is 11.8 Å². The van der Waals surface area contributed by atoms with Gasteiger partial charge < -0.3 is 15.3 Å². The van der Waals surface area contributed by atoms with Crippen LogP contribution >= 0.6 is 0 Å². The molecule has 4 fully saturated rings. The molecule has 0 amide bonds. The van der Waals surface area contributed by atoms with Gasteiger partial charge in [-0.3, -0.25) is 4.79 Å². The number of carbonyl (C=O) groups is 1. The highest BCUT2D eigenvalue weighted by Gasteiger charge is 2.65. The van der Waals surface area contributed by atoms with Gasteiger partial charge in [-0.05, 0) is 80.0 Å². The number of fused-ring (bicyclic) bond motifs is 5. The standard InChI is InChI=1S/C21H32O4/c1-19-10-12(11-22)17(23)9-16(19)18(24)8-13-14(19)4-6-20(2)15(13)5-7-21(20,3)25/h11,13-16,18,22,24-25H,4-10H2,1-3H3/b12-11-/t13-,14+,15+,16-,18+,19-,20+,21+/m1/s1. The second-order valence-electron chi connectivity index (χ2n) is 10.0. The first-order valence-electron chi connectivity index (χ1n) is 9.91. The summed E-state index contributed by atoms with van der Waals surface area (Å²) in [6, 6.07) is 0.